The zero-order valence-electron chi connectivity index (χ0n) is 17.3. The van der Waals surface area contributed by atoms with Crippen LogP contribution in [0.25, 0.3) is 0 Å². The molecule has 2 heterocycles. The first-order chi connectivity index (χ1) is 15.5. The molecular weight excluding hydrogens is 515 g/mol. The first kappa shape index (κ1) is 21.4. The maximum absolute atomic E-state index is 6.54. The molecule has 0 saturated carbocycles. The maximum atomic E-state index is 6.54. The Bertz CT molecular complexity index is 1220. The van der Waals surface area contributed by atoms with E-state index >= 15 is 0 Å². The molecule has 0 saturated heterocycles. The summed E-state index contributed by atoms with van der Waals surface area (Å²) in [6.07, 6.45) is 0.257. The summed E-state index contributed by atoms with van der Waals surface area (Å²) in [5.74, 6) is 1.98. The molecule has 0 fully saturated rings. The second-order valence-electron chi connectivity index (χ2n) is 7.54. The number of hydrazone groups is 1. The molecule has 0 radical (unpaired) electrons. The summed E-state index contributed by atoms with van der Waals surface area (Å²) in [7, 11) is 3.24. The number of hydrogen-bond acceptors (Lipinski definition) is 5. The molecule has 2 aliphatic heterocycles. The van der Waals surface area contributed by atoms with Gasteiger partial charge in [0.25, 0.3) is 0 Å². The van der Waals surface area contributed by atoms with Gasteiger partial charge in [0.2, 0.25) is 6.23 Å². The number of rotatable bonds is 4. The number of benzene rings is 3. The van der Waals surface area contributed by atoms with E-state index in [1.54, 1.807) is 20.3 Å². The van der Waals surface area contributed by atoms with Crippen LogP contribution in [-0.4, -0.2) is 24.9 Å². The minimum absolute atomic E-state index is 0.0632. The average molecular weight is 534 g/mol. The summed E-state index contributed by atoms with van der Waals surface area (Å²) >= 11 is 16.4. The quantitative estimate of drug-likeness (QED) is 0.361. The van der Waals surface area contributed by atoms with E-state index in [-0.39, 0.29) is 6.04 Å². The molecule has 2 unspecified atom stereocenters. The van der Waals surface area contributed by atoms with Crippen LogP contribution < -0.4 is 14.2 Å². The summed E-state index contributed by atoms with van der Waals surface area (Å²) in [5.41, 5.74) is 3.79. The number of fused-ring (bicyclic) bond motifs is 3. The van der Waals surface area contributed by atoms with E-state index in [9.17, 15) is 0 Å². The highest BCUT2D eigenvalue weighted by Gasteiger charge is 2.42. The fourth-order valence-corrected chi connectivity index (χ4v) is 4.97. The molecule has 32 heavy (non-hydrogen) atoms. The number of halogens is 3. The minimum Gasteiger partial charge on any atom is -0.493 e. The Labute approximate surface area is 204 Å². The lowest BCUT2D eigenvalue weighted by atomic mass is 9.95. The molecule has 0 N–H and O–H groups in total. The predicted octanol–water partition coefficient (Wildman–Crippen LogP) is 7.02. The van der Waals surface area contributed by atoms with E-state index in [0.717, 1.165) is 26.9 Å². The van der Waals surface area contributed by atoms with Crippen molar-refractivity contribution in [1.29, 1.82) is 0 Å². The van der Waals surface area contributed by atoms with Gasteiger partial charge in [-0.1, -0.05) is 51.3 Å². The van der Waals surface area contributed by atoms with E-state index in [2.05, 4.69) is 15.9 Å². The molecule has 0 bridgehead atoms. The van der Waals surface area contributed by atoms with Crippen molar-refractivity contribution >= 4 is 44.8 Å². The minimum atomic E-state index is -0.420. The van der Waals surface area contributed by atoms with Crippen LogP contribution in [0.2, 0.25) is 10.0 Å². The Morgan fingerprint density at radius 2 is 1.75 bits per heavy atom. The summed E-state index contributed by atoms with van der Waals surface area (Å²) in [6, 6.07) is 17.4. The third kappa shape index (κ3) is 3.70. The summed E-state index contributed by atoms with van der Waals surface area (Å²) in [6.45, 7) is 0. The van der Waals surface area contributed by atoms with Gasteiger partial charge in [-0.3, -0.25) is 0 Å². The molecular formula is C24H19BrCl2N2O3. The van der Waals surface area contributed by atoms with Crippen molar-refractivity contribution in [2.75, 3.05) is 14.2 Å². The molecule has 0 amide bonds. The predicted molar refractivity (Wildman–Crippen MR) is 129 cm³/mol. The average Bonchev–Trinajstić information content (AvgIpc) is 3.25. The van der Waals surface area contributed by atoms with Crippen LogP contribution in [0, 0.1) is 0 Å². The van der Waals surface area contributed by atoms with Gasteiger partial charge >= 0.3 is 0 Å². The SMILES string of the molecule is COc1ccc(C2=NN3C(C2)c2cc(Cl)cc(Cl)c2OC3c2ccc(Br)cc2)cc1OC. The third-order valence-electron chi connectivity index (χ3n) is 5.68. The summed E-state index contributed by atoms with van der Waals surface area (Å²) < 4.78 is 18.3. The van der Waals surface area contributed by atoms with Gasteiger partial charge in [0.1, 0.15) is 5.75 Å². The second-order valence-corrected chi connectivity index (χ2v) is 9.30. The topological polar surface area (TPSA) is 43.3 Å². The molecule has 5 nitrogen and oxygen atoms in total. The van der Waals surface area contributed by atoms with Crippen LogP contribution >= 0.6 is 39.1 Å². The van der Waals surface area contributed by atoms with Gasteiger partial charge in [0, 0.05) is 32.6 Å². The van der Waals surface area contributed by atoms with Crippen molar-refractivity contribution in [1.82, 2.24) is 5.01 Å². The monoisotopic (exact) mass is 532 g/mol. The first-order valence-corrected chi connectivity index (χ1v) is 11.5. The van der Waals surface area contributed by atoms with E-state index in [0.29, 0.717) is 33.7 Å². The van der Waals surface area contributed by atoms with Crippen LogP contribution in [-0.2, 0) is 0 Å². The Morgan fingerprint density at radius 3 is 2.47 bits per heavy atom. The number of ether oxygens (including phenoxy) is 3. The Balaban J connectivity index is 1.61. The lowest BCUT2D eigenvalue weighted by Gasteiger charge is -2.38. The highest BCUT2D eigenvalue weighted by molar-refractivity contribution is 9.10. The number of methoxy groups -OCH3 is 2. The maximum Gasteiger partial charge on any atom is 0.213 e. The van der Waals surface area contributed by atoms with Crippen molar-refractivity contribution in [3.8, 4) is 17.2 Å². The van der Waals surface area contributed by atoms with Gasteiger partial charge in [-0.25, -0.2) is 5.01 Å². The van der Waals surface area contributed by atoms with Gasteiger partial charge in [0.15, 0.2) is 11.5 Å². The first-order valence-electron chi connectivity index (χ1n) is 9.97. The highest BCUT2D eigenvalue weighted by Crippen LogP contribution is 2.51. The third-order valence-corrected chi connectivity index (χ3v) is 6.71. The van der Waals surface area contributed by atoms with Crippen molar-refractivity contribution in [3.63, 3.8) is 0 Å². The lowest BCUT2D eigenvalue weighted by Crippen LogP contribution is -2.33. The Kier molecular flexibility index (Phi) is 5.70. The van der Waals surface area contributed by atoms with E-state index < -0.39 is 6.23 Å². The van der Waals surface area contributed by atoms with Gasteiger partial charge < -0.3 is 14.2 Å². The van der Waals surface area contributed by atoms with Crippen molar-refractivity contribution in [3.05, 3.63) is 85.8 Å². The standard InChI is InChI=1S/C24H19BrCl2N2O3/c1-30-21-8-5-14(9-22(21)31-2)19-12-20-17-10-16(26)11-18(27)23(17)32-24(29(20)28-19)13-3-6-15(25)7-4-13/h3-11,20,24H,12H2,1-2H3. The summed E-state index contributed by atoms with van der Waals surface area (Å²) in [5, 5.41) is 8.03. The lowest BCUT2D eigenvalue weighted by molar-refractivity contribution is -0.0189. The van der Waals surface area contributed by atoms with Crippen LogP contribution in [0.1, 0.15) is 35.4 Å². The van der Waals surface area contributed by atoms with Crippen LogP contribution in [0.15, 0.2) is 64.2 Å². The zero-order valence-corrected chi connectivity index (χ0v) is 20.4. The van der Waals surface area contributed by atoms with Crippen LogP contribution in [0.3, 0.4) is 0 Å². The van der Waals surface area contributed by atoms with Gasteiger partial charge in [-0.05, 0) is 42.5 Å². The molecule has 164 valence electrons. The fourth-order valence-electron chi connectivity index (χ4n) is 4.15. The molecule has 0 aromatic heterocycles. The number of nitrogens with zero attached hydrogens (tertiary/aromatic N) is 2. The van der Waals surface area contributed by atoms with E-state index in [4.69, 9.17) is 42.5 Å². The highest BCUT2D eigenvalue weighted by atomic mass is 79.9. The van der Waals surface area contributed by atoms with Gasteiger partial charge in [0.05, 0.1) is 31.0 Å². The largest absolute Gasteiger partial charge is 0.493 e. The Hall–Kier alpha value is -2.41. The van der Waals surface area contributed by atoms with Gasteiger partial charge in [-0.15, -0.1) is 0 Å². The smallest absolute Gasteiger partial charge is 0.213 e. The van der Waals surface area contributed by atoms with Crippen LogP contribution in [0.4, 0.5) is 0 Å². The molecule has 5 rings (SSSR count). The molecule has 8 heteroatoms. The van der Waals surface area contributed by atoms with Crippen molar-refractivity contribution < 1.29 is 14.2 Å². The normalized spacial score (nSPS) is 19.0. The number of hydrogen-bond donors (Lipinski definition) is 0. The van der Waals surface area contributed by atoms with E-state index in [1.807, 2.05) is 53.5 Å². The molecule has 0 aliphatic carbocycles. The molecule has 3 aromatic rings. The van der Waals surface area contributed by atoms with Crippen LogP contribution in [0.5, 0.6) is 17.2 Å². The fraction of sp³-hybridized carbons (Fsp3) is 0.208. The van der Waals surface area contributed by atoms with E-state index in [1.165, 1.54) is 0 Å². The molecule has 0 spiro atoms. The summed E-state index contributed by atoms with van der Waals surface area (Å²) in [4.78, 5) is 0. The van der Waals surface area contributed by atoms with Crippen molar-refractivity contribution in [2.45, 2.75) is 18.7 Å². The molecule has 2 aliphatic rings. The van der Waals surface area contributed by atoms with Crippen molar-refractivity contribution in [2.24, 2.45) is 5.10 Å². The molecule has 2 atom stereocenters. The zero-order chi connectivity index (χ0) is 22.4. The van der Waals surface area contributed by atoms with Gasteiger partial charge in [-0.2, -0.15) is 5.10 Å². The second kappa shape index (κ2) is 8.50. The Morgan fingerprint density at radius 1 is 1.00 bits per heavy atom. The molecule has 3 aromatic carbocycles.